The van der Waals surface area contributed by atoms with Gasteiger partial charge in [0.2, 0.25) is 0 Å². The van der Waals surface area contributed by atoms with Crippen LogP contribution in [0.2, 0.25) is 0 Å². The maximum absolute atomic E-state index is 12.6. The van der Waals surface area contributed by atoms with Gasteiger partial charge in [-0.2, -0.15) is 8.42 Å². The van der Waals surface area contributed by atoms with Gasteiger partial charge in [0.15, 0.2) is 6.29 Å². The number of carbonyl (C=O) groups excluding carboxylic acids is 1. The van der Waals surface area contributed by atoms with E-state index in [0.29, 0.717) is 13.0 Å². The van der Waals surface area contributed by atoms with Gasteiger partial charge in [-0.25, -0.2) is 4.18 Å². The van der Waals surface area contributed by atoms with Crippen LogP contribution in [0.25, 0.3) is 0 Å². The SMILES string of the molecule is CC/C=C\C/C=C\C/C=C\C/C=C\C/C=C\C/C=C\CCCOCC(COC1OC(CO)C(O)C(OS(=O)(=O)O)C1O)OC(=O)CCCCCCC. The van der Waals surface area contributed by atoms with Crippen molar-refractivity contribution in [2.45, 2.75) is 141 Å². The first-order chi connectivity index (χ1) is 25.1. The molecule has 4 N–H and O–H groups in total. The van der Waals surface area contributed by atoms with Crippen molar-refractivity contribution in [2.24, 2.45) is 0 Å². The van der Waals surface area contributed by atoms with Gasteiger partial charge in [-0.1, -0.05) is 112 Å². The molecular weight excluding hydrogens is 692 g/mol. The van der Waals surface area contributed by atoms with Crippen molar-refractivity contribution in [1.82, 2.24) is 0 Å². The number of hydrogen-bond acceptors (Lipinski definition) is 11. The van der Waals surface area contributed by atoms with Crippen LogP contribution in [0.5, 0.6) is 0 Å². The number of unbranched alkanes of at least 4 members (excludes halogenated alkanes) is 5. The summed E-state index contributed by atoms with van der Waals surface area (Å²) in [6.45, 7) is 3.57. The molecule has 0 saturated carbocycles. The summed E-state index contributed by atoms with van der Waals surface area (Å²) >= 11 is 0. The highest BCUT2D eigenvalue weighted by Crippen LogP contribution is 2.26. The van der Waals surface area contributed by atoms with Crippen molar-refractivity contribution in [1.29, 1.82) is 0 Å². The first-order valence-corrected chi connectivity index (χ1v) is 20.1. The molecule has 0 aromatic carbocycles. The van der Waals surface area contributed by atoms with Crippen LogP contribution in [0.3, 0.4) is 0 Å². The summed E-state index contributed by atoms with van der Waals surface area (Å²) in [4.78, 5) is 12.6. The Hall–Kier alpha value is -2.46. The number of esters is 1. The van der Waals surface area contributed by atoms with E-state index in [-0.39, 0.29) is 19.6 Å². The molecule has 0 spiro atoms. The summed E-state index contributed by atoms with van der Waals surface area (Å²) in [6, 6.07) is 0. The van der Waals surface area contributed by atoms with Gasteiger partial charge in [-0.3, -0.25) is 9.35 Å². The van der Waals surface area contributed by atoms with Crippen LogP contribution in [0.4, 0.5) is 0 Å². The molecule has 0 radical (unpaired) electrons. The maximum Gasteiger partial charge on any atom is 0.397 e. The van der Waals surface area contributed by atoms with Crippen molar-refractivity contribution in [3.8, 4) is 0 Å². The Labute approximate surface area is 311 Å². The lowest BCUT2D eigenvalue weighted by Gasteiger charge is -2.41. The van der Waals surface area contributed by atoms with Crippen LogP contribution in [0, 0.1) is 0 Å². The summed E-state index contributed by atoms with van der Waals surface area (Å²) in [7, 11) is -5.06. The highest BCUT2D eigenvalue weighted by atomic mass is 32.3. The topological polar surface area (TPSA) is 178 Å². The summed E-state index contributed by atoms with van der Waals surface area (Å²) in [5.74, 6) is -0.437. The van der Waals surface area contributed by atoms with E-state index >= 15 is 0 Å². The Bertz CT molecular complexity index is 1190. The number of aliphatic hydroxyl groups is 3. The molecule has 1 aliphatic heterocycles. The first kappa shape index (κ1) is 47.6. The van der Waals surface area contributed by atoms with E-state index in [1.807, 2.05) is 0 Å². The fraction of sp³-hybridized carbons (Fsp3) is 0.667. The zero-order chi connectivity index (χ0) is 38.3. The van der Waals surface area contributed by atoms with Crippen LogP contribution in [-0.4, -0.2) is 97.5 Å². The molecule has 1 saturated heterocycles. The number of aliphatic hydroxyl groups excluding tert-OH is 3. The molecule has 0 aliphatic carbocycles. The number of carbonyl (C=O) groups is 1. The second-order valence-electron chi connectivity index (χ2n) is 12.4. The fourth-order valence-corrected chi connectivity index (χ4v) is 5.55. The fourth-order valence-electron chi connectivity index (χ4n) is 5.04. The van der Waals surface area contributed by atoms with Gasteiger partial charge in [0, 0.05) is 13.0 Å². The molecule has 0 bridgehead atoms. The minimum Gasteiger partial charge on any atom is -0.457 e. The maximum atomic E-state index is 12.6. The third kappa shape index (κ3) is 24.7. The molecule has 1 rings (SSSR count). The lowest BCUT2D eigenvalue weighted by molar-refractivity contribution is -0.301. The van der Waals surface area contributed by atoms with Crippen LogP contribution >= 0.6 is 0 Å². The van der Waals surface area contributed by atoms with Gasteiger partial charge in [0.1, 0.15) is 30.5 Å². The highest BCUT2D eigenvalue weighted by Gasteiger charge is 2.48. The Morgan fingerprint density at radius 1 is 0.750 bits per heavy atom. The van der Waals surface area contributed by atoms with Gasteiger partial charge in [0.05, 0.1) is 19.8 Å². The summed E-state index contributed by atoms with van der Waals surface area (Å²) < 4.78 is 58.4. The second-order valence-corrected chi connectivity index (χ2v) is 13.5. The molecular formula is C39H64O12S. The molecule has 1 heterocycles. The Kier molecular flexibility index (Phi) is 28.3. The predicted octanol–water partition coefficient (Wildman–Crippen LogP) is 6.40. The van der Waals surface area contributed by atoms with Crippen molar-refractivity contribution in [3.63, 3.8) is 0 Å². The Morgan fingerprint density at radius 3 is 1.85 bits per heavy atom. The van der Waals surface area contributed by atoms with Crippen LogP contribution in [0.1, 0.15) is 104 Å². The average Bonchev–Trinajstić information content (AvgIpc) is 3.11. The normalized spacial score (nSPS) is 22.3. The van der Waals surface area contributed by atoms with E-state index in [1.165, 1.54) is 0 Å². The van der Waals surface area contributed by atoms with E-state index < -0.39 is 59.8 Å². The molecule has 6 unspecified atom stereocenters. The van der Waals surface area contributed by atoms with Gasteiger partial charge in [-0.05, 0) is 57.8 Å². The quantitative estimate of drug-likeness (QED) is 0.0275. The summed E-state index contributed by atoms with van der Waals surface area (Å²) in [5, 5.41) is 30.4. The lowest BCUT2D eigenvalue weighted by atomic mass is 9.99. The monoisotopic (exact) mass is 756 g/mol. The third-order valence-corrected chi connectivity index (χ3v) is 8.31. The molecule has 0 aromatic heterocycles. The molecule has 52 heavy (non-hydrogen) atoms. The third-order valence-electron chi connectivity index (χ3n) is 7.84. The van der Waals surface area contributed by atoms with E-state index in [0.717, 1.165) is 77.0 Å². The average molecular weight is 757 g/mol. The van der Waals surface area contributed by atoms with Gasteiger partial charge in [-0.15, -0.1) is 0 Å². The molecule has 298 valence electrons. The van der Waals surface area contributed by atoms with Crippen LogP contribution in [0.15, 0.2) is 72.9 Å². The van der Waals surface area contributed by atoms with Gasteiger partial charge < -0.3 is 34.3 Å². The van der Waals surface area contributed by atoms with E-state index in [2.05, 4.69) is 90.9 Å². The standard InChI is InChI=1S/C39H64O12S/c1-3-5-7-9-10-11-12-13-14-15-16-17-18-19-20-21-22-23-25-27-29-47-31-33(49-35(41)28-26-24-8-6-4-2)32-48-39-37(43)38(51-52(44,45)46)36(42)34(30-40)50-39/h5,7,10-11,13-14,16-17,19-20,22-23,33-34,36-40,42-43H,3-4,6,8-9,12,15,18,21,24-32H2,1-2H3,(H,44,45,46)/b7-5-,11-10-,14-13-,17-16-,20-19-,23-22-. The summed E-state index contributed by atoms with van der Waals surface area (Å²) in [5.41, 5.74) is 0. The smallest absolute Gasteiger partial charge is 0.397 e. The minimum atomic E-state index is -5.06. The van der Waals surface area contributed by atoms with Crippen molar-refractivity contribution in [3.05, 3.63) is 72.9 Å². The number of allylic oxidation sites excluding steroid dienone is 12. The van der Waals surface area contributed by atoms with Crippen molar-refractivity contribution < 1.29 is 56.2 Å². The number of ether oxygens (including phenoxy) is 4. The number of hydrogen-bond donors (Lipinski definition) is 4. The zero-order valence-corrected chi connectivity index (χ0v) is 31.9. The number of rotatable bonds is 30. The van der Waals surface area contributed by atoms with E-state index in [4.69, 9.17) is 23.5 Å². The predicted molar refractivity (Wildman–Crippen MR) is 202 cm³/mol. The van der Waals surface area contributed by atoms with Gasteiger partial charge in [0.25, 0.3) is 0 Å². The molecule has 1 aliphatic rings. The van der Waals surface area contributed by atoms with Crippen molar-refractivity contribution in [2.75, 3.05) is 26.4 Å². The Balaban J connectivity index is 2.46. The second kappa shape index (κ2) is 30.9. The molecule has 13 heteroatoms. The Morgan fingerprint density at radius 2 is 1.31 bits per heavy atom. The van der Waals surface area contributed by atoms with Crippen LogP contribution in [-0.2, 0) is 38.3 Å². The van der Waals surface area contributed by atoms with E-state index in [9.17, 15) is 28.5 Å². The molecule has 1 fully saturated rings. The molecule has 0 amide bonds. The summed E-state index contributed by atoms with van der Waals surface area (Å²) in [6.07, 6.45) is 28.7. The van der Waals surface area contributed by atoms with Crippen molar-refractivity contribution >= 4 is 16.4 Å². The van der Waals surface area contributed by atoms with Crippen LogP contribution < -0.4 is 0 Å². The van der Waals surface area contributed by atoms with Gasteiger partial charge >= 0.3 is 16.4 Å². The zero-order valence-electron chi connectivity index (χ0n) is 31.1. The molecule has 0 aromatic rings. The molecule has 6 atom stereocenters. The minimum absolute atomic E-state index is 0.00879. The van der Waals surface area contributed by atoms with E-state index in [1.54, 1.807) is 0 Å². The largest absolute Gasteiger partial charge is 0.457 e. The highest BCUT2D eigenvalue weighted by molar-refractivity contribution is 7.80. The first-order valence-electron chi connectivity index (χ1n) is 18.7. The lowest BCUT2D eigenvalue weighted by Crippen LogP contribution is -2.60. The molecule has 12 nitrogen and oxygen atoms in total.